The lowest BCUT2D eigenvalue weighted by molar-refractivity contribution is 0.171. The Hall–Kier alpha value is -1.91. The topological polar surface area (TPSA) is 87.5 Å². The molecule has 0 saturated carbocycles. The van der Waals surface area contributed by atoms with Crippen molar-refractivity contribution in [2.24, 2.45) is 5.11 Å². The lowest BCUT2D eigenvalue weighted by atomic mass is 10.1. The van der Waals surface area contributed by atoms with Crippen molar-refractivity contribution in [2.45, 2.75) is 6.04 Å². The molecule has 1 aliphatic heterocycles. The number of ether oxygens (including phenoxy) is 2. The number of hydrogen-bond donors (Lipinski definition) is 1. The molecule has 16 heavy (non-hydrogen) atoms. The monoisotopic (exact) mass is 221 g/mol. The molecule has 1 N–H and O–H groups in total. The van der Waals surface area contributed by atoms with E-state index in [0.29, 0.717) is 30.3 Å². The Morgan fingerprint density at radius 2 is 2.12 bits per heavy atom. The van der Waals surface area contributed by atoms with E-state index in [4.69, 9.17) is 20.1 Å². The minimum Gasteiger partial charge on any atom is -0.486 e. The second-order valence-corrected chi connectivity index (χ2v) is 3.31. The first-order chi connectivity index (χ1) is 7.85. The standard InChI is InChI=1S/C10H11N3O3/c11-13-12-8(6-14)7-1-2-9-10(5-7)16-4-3-15-9/h1-2,5,8,14H,3-4,6H2. The number of aliphatic hydroxyl groups is 1. The van der Waals surface area contributed by atoms with Crippen molar-refractivity contribution in [3.8, 4) is 11.5 Å². The Kier molecular flexibility index (Phi) is 3.14. The number of azide groups is 1. The van der Waals surface area contributed by atoms with Crippen LogP contribution in [-0.4, -0.2) is 24.9 Å². The molecule has 0 radical (unpaired) electrons. The van der Waals surface area contributed by atoms with Gasteiger partial charge in [-0.25, -0.2) is 0 Å². The zero-order valence-corrected chi connectivity index (χ0v) is 8.54. The number of hydrogen-bond acceptors (Lipinski definition) is 4. The van der Waals surface area contributed by atoms with Crippen LogP contribution >= 0.6 is 0 Å². The van der Waals surface area contributed by atoms with Crippen molar-refractivity contribution < 1.29 is 14.6 Å². The van der Waals surface area contributed by atoms with Crippen LogP contribution in [0.2, 0.25) is 0 Å². The van der Waals surface area contributed by atoms with Gasteiger partial charge in [-0.05, 0) is 23.2 Å². The van der Waals surface area contributed by atoms with Gasteiger partial charge in [-0.2, -0.15) is 0 Å². The summed E-state index contributed by atoms with van der Waals surface area (Å²) in [6.45, 7) is 0.803. The maximum atomic E-state index is 9.08. The Morgan fingerprint density at radius 1 is 1.38 bits per heavy atom. The molecule has 0 fully saturated rings. The average molecular weight is 221 g/mol. The van der Waals surface area contributed by atoms with Gasteiger partial charge in [0.1, 0.15) is 13.2 Å². The predicted octanol–water partition coefficient (Wildman–Crippen LogP) is 1.80. The Morgan fingerprint density at radius 3 is 2.81 bits per heavy atom. The van der Waals surface area contributed by atoms with Crippen LogP contribution in [-0.2, 0) is 0 Å². The molecule has 1 aromatic rings. The molecule has 1 unspecified atom stereocenters. The van der Waals surface area contributed by atoms with Crippen LogP contribution in [0.4, 0.5) is 0 Å². The molecule has 1 aliphatic rings. The molecule has 1 atom stereocenters. The first kappa shape index (κ1) is 10.6. The van der Waals surface area contributed by atoms with Crippen LogP contribution in [0.25, 0.3) is 10.4 Å². The largest absolute Gasteiger partial charge is 0.486 e. The Bertz CT molecular complexity index is 429. The van der Waals surface area contributed by atoms with E-state index in [1.54, 1.807) is 18.2 Å². The highest BCUT2D eigenvalue weighted by molar-refractivity contribution is 5.44. The normalized spacial score (nSPS) is 15.1. The van der Waals surface area contributed by atoms with Gasteiger partial charge < -0.3 is 14.6 Å². The van der Waals surface area contributed by atoms with E-state index in [1.807, 2.05) is 0 Å². The molecule has 0 aliphatic carbocycles. The highest BCUT2D eigenvalue weighted by Gasteiger charge is 2.15. The van der Waals surface area contributed by atoms with E-state index in [0.717, 1.165) is 0 Å². The number of fused-ring (bicyclic) bond motifs is 1. The second-order valence-electron chi connectivity index (χ2n) is 3.31. The highest BCUT2D eigenvalue weighted by Crippen LogP contribution is 2.33. The summed E-state index contributed by atoms with van der Waals surface area (Å²) in [6.07, 6.45) is 0. The molecule has 0 saturated heterocycles. The summed E-state index contributed by atoms with van der Waals surface area (Å²) in [5.41, 5.74) is 9.07. The second kappa shape index (κ2) is 4.74. The lowest BCUT2D eigenvalue weighted by Crippen LogP contribution is -2.15. The van der Waals surface area contributed by atoms with Gasteiger partial charge in [0.2, 0.25) is 0 Å². The van der Waals surface area contributed by atoms with E-state index in [1.165, 1.54) is 0 Å². The first-order valence-electron chi connectivity index (χ1n) is 4.89. The Balaban J connectivity index is 2.31. The van der Waals surface area contributed by atoms with Crippen molar-refractivity contribution in [2.75, 3.05) is 19.8 Å². The summed E-state index contributed by atoms with van der Waals surface area (Å²) in [5, 5.41) is 12.6. The summed E-state index contributed by atoms with van der Waals surface area (Å²) in [4.78, 5) is 2.69. The van der Waals surface area contributed by atoms with Crippen LogP contribution < -0.4 is 9.47 Å². The minimum absolute atomic E-state index is 0.232. The zero-order valence-electron chi connectivity index (χ0n) is 8.54. The maximum Gasteiger partial charge on any atom is 0.161 e. The van der Waals surface area contributed by atoms with Crippen molar-refractivity contribution in [1.82, 2.24) is 0 Å². The van der Waals surface area contributed by atoms with E-state index >= 15 is 0 Å². The molecule has 6 heteroatoms. The van der Waals surface area contributed by atoms with Crippen LogP contribution in [0, 0.1) is 0 Å². The highest BCUT2D eigenvalue weighted by atomic mass is 16.6. The fourth-order valence-corrected chi connectivity index (χ4v) is 1.54. The number of aliphatic hydroxyl groups excluding tert-OH is 1. The van der Waals surface area contributed by atoms with Crippen molar-refractivity contribution in [3.05, 3.63) is 34.2 Å². The molecule has 0 spiro atoms. The molecule has 6 nitrogen and oxygen atoms in total. The summed E-state index contributed by atoms with van der Waals surface area (Å²) >= 11 is 0. The van der Waals surface area contributed by atoms with E-state index in [2.05, 4.69) is 10.0 Å². The SMILES string of the molecule is [N-]=[N+]=NC(CO)c1ccc2c(c1)OCCO2. The fourth-order valence-electron chi connectivity index (χ4n) is 1.54. The van der Waals surface area contributed by atoms with Gasteiger partial charge in [-0.3, -0.25) is 0 Å². The minimum atomic E-state index is -0.583. The van der Waals surface area contributed by atoms with Gasteiger partial charge in [0.15, 0.2) is 11.5 Å². The summed E-state index contributed by atoms with van der Waals surface area (Å²) < 4.78 is 10.8. The number of rotatable bonds is 3. The summed E-state index contributed by atoms with van der Waals surface area (Å²) in [5.74, 6) is 1.29. The average Bonchev–Trinajstić information content (AvgIpc) is 2.35. The Labute approximate surface area is 92.0 Å². The summed E-state index contributed by atoms with van der Waals surface area (Å²) in [6, 6.07) is 4.65. The predicted molar refractivity (Wildman–Crippen MR) is 56.4 cm³/mol. The van der Waals surface area contributed by atoms with Crippen LogP contribution in [0.3, 0.4) is 0 Å². The van der Waals surface area contributed by atoms with Gasteiger partial charge in [-0.1, -0.05) is 11.2 Å². The zero-order chi connectivity index (χ0) is 11.4. The van der Waals surface area contributed by atoms with Crippen LogP contribution in [0.1, 0.15) is 11.6 Å². The van der Waals surface area contributed by atoms with Crippen molar-refractivity contribution in [3.63, 3.8) is 0 Å². The van der Waals surface area contributed by atoms with E-state index < -0.39 is 6.04 Å². The summed E-state index contributed by atoms with van der Waals surface area (Å²) in [7, 11) is 0. The van der Waals surface area contributed by atoms with Crippen molar-refractivity contribution >= 4 is 0 Å². The van der Waals surface area contributed by atoms with Crippen LogP contribution in [0.15, 0.2) is 23.3 Å². The van der Waals surface area contributed by atoms with Gasteiger partial charge in [0, 0.05) is 4.91 Å². The third kappa shape index (κ3) is 2.03. The molecular formula is C10H11N3O3. The molecule has 1 aromatic carbocycles. The third-order valence-corrected chi connectivity index (χ3v) is 2.31. The molecule has 84 valence electrons. The molecule has 2 rings (SSSR count). The number of benzene rings is 1. The number of nitrogens with zero attached hydrogens (tertiary/aromatic N) is 3. The van der Waals surface area contributed by atoms with E-state index in [-0.39, 0.29) is 6.61 Å². The quantitative estimate of drug-likeness (QED) is 0.479. The maximum absolute atomic E-state index is 9.08. The van der Waals surface area contributed by atoms with Gasteiger partial charge in [-0.15, -0.1) is 0 Å². The molecule has 0 aromatic heterocycles. The van der Waals surface area contributed by atoms with Gasteiger partial charge in [0.05, 0.1) is 12.6 Å². The van der Waals surface area contributed by atoms with Gasteiger partial charge in [0.25, 0.3) is 0 Å². The fraction of sp³-hybridized carbons (Fsp3) is 0.400. The molecule has 0 bridgehead atoms. The van der Waals surface area contributed by atoms with Gasteiger partial charge >= 0.3 is 0 Å². The molecule has 0 amide bonds. The first-order valence-corrected chi connectivity index (χ1v) is 4.89. The lowest BCUT2D eigenvalue weighted by Gasteiger charge is -2.19. The molecular weight excluding hydrogens is 210 g/mol. The van der Waals surface area contributed by atoms with Crippen molar-refractivity contribution in [1.29, 1.82) is 0 Å². The smallest absolute Gasteiger partial charge is 0.161 e. The molecule has 1 heterocycles. The van der Waals surface area contributed by atoms with Crippen LogP contribution in [0.5, 0.6) is 11.5 Å². The van der Waals surface area contributed by atoms with E-state index in [9.17, 15) is 0 Å². The third-order valence-electron chi connectivity index (χ3n) is 2.31.